The van der Waals surface area contributed by atoms with Crippen LogP contribution in [0.5, 0.6) is 0 Å². The normalized spacial score (nSPS) is 19.3. The van der Waals surface area contributed by atoms with Crippen molar-refractivity contribution in [2.75, 3.05) is 16.8 Å². The Bertz CT molecular complexity index is 1130. The second kappa shape index (κ2) is 9.27. The maximum atomic E-state index is 13.3. The van der Waals surface area contributed by atoms with Crippen molar-refractivity contribution in [3.63, 3.8) is 0 Å². The lowest BCUT2D eigenvalue weighted by atomic mass is 9.90. The van der Waals surface area contributed by atoms with E-state index in [1.54, 1.807) is 16.0 Å². The van der Waals surface area contributed by atoms with Gasteiger partial charge in [0.05, 0.1) is 5.56 Å². The topological polar surface area (TPSA) is 117 Å². The predicted octanol–water partition coefficient (Wildman–Crippen LogP) is 2.39. The van der Waals surface area contributed by atoms with Gasteiger partial charge in [-0.3, -0.25) is 19.2 Å². The van der Waals surface area contributed by atoms with Gasteiger partial charge in [-0.15, -0.1) is 11.3 Å². The van der Waals surface area contributed by atoms with Crippen molar-refractivity contribution < 1.29 is 9.59 Å². The minimum Gasteiger partial charge on any atom is -0.352 e. The number of thiophene rings is 1. The van der Waals surface area contributed by atoms with Crippen LogP contribution in [-0.4, -0.2) is 39.3 Å². The minimum atomic E-state index is -0.101. The van der Waals surface area contributed by atoms with E-state index >= 15 is 0 Å². The SMILES string of the molecule is Cc1cn(C)nc1N(C(=S)NN)[C@H]1CCc2sc(NC(=O)C3CC3)c(C(=O)NCC3CC3)c2C1. The maximum absolute atomic E-state index is 13.3. The van der Waals surface area contributed by atoms with Crippen molar-refractivity contribution in [1.29, 1.82) is 0 Å². The molecule has 0 unspecified atom stereocenters. The van der Waals surface area contributed by atoms with Crippen LogP contribution in [0.1, 0.15) is 58.5 Å². The van der Waals surface area contributed by atoms with E-state index in [1.165, 1.54) is 0 Å². The Morgan fingerprint density at radius 1 is 1.29 bits per heavy atom. The van der Waals surface area contributed by atoms with Crippen molar-refractivity contribution in [2.45, 2.75) is 57.9 Å². The van der Waals surface area contributed by atoms with Gasteiger partial charge in [-0.25, -0.2) is 5.84 Å². The van der Waals surface area contributed by atoms with E-state index in [4.69, 9.17) is 18.1 Å². The largest absolute Gasteiger partial charge is 0.352 e. The number of nitrogens with two attached hydrogens (primary N) is 1. The van der Waals surface area contributed by atoms with E-state index in [-0.39, 0.29) is 23.8 Å². The zero-order chi connectivity index (χ0) is 24.0. The second-order valence-electron chi connectivity index (χ2n) is 9.65. The minimum absolute atomic E-state index is 0.0128. The molecule has 2 fully saturated rings. The van der Waals surface area contributed by atoms with E-state index in [0.717, 1.165) is 60.3 Å². The van der Waals surface area contributed by atoms with Gasteiger partial charge in [0.25, 0.3) is 5.91 Å². The molecule has 3 aliphatic rings. The number of carbonyl (C=O) groups excluding carboxylic acids is 2. The number of fused-ring (bicyclic) bond motifs is 1. The summed E-state index contributed by atoms with van der Waals surface area (Å²) < 4.78 is 1.76. The highest BCUT2D eigenvalue weighted by Crippen LogP contribution is 2.41. The van der Waals surface area contributed by atoms with Gasteiger partial charge >= 0.3 is 0 Å². The number of aryl methyl sites for hydroxylation is 3. The molecule has 5 N–H and O–H groups in total. The van der Waals surface area contributed by atoms with Crippen molar-refractivity contribution >= 4 is 51.3 Å². The summed E-state index contributed by atoms with van der Waals surface area (Å²) in [5, 5.41) is 11.9. The predicted molar refractivity (Wildman–Crippen MR) is 137 cm³/mol. The first kappa shape index (κ1) is 23.3. The first-order valence-corrected chi connectivity index (χ1v) is 13.1. The number of carbonyl (C=O) groups is 2. The van der Waals surface area contributed by atoms with Crippen LogP contribution in [-0.2, 0) is 24.7 Å². The van der Waals surface area contributed by atoms with Gasteiger partial charge in [-0.05, 0) is 75.6 Å². The van der Waals surface area contributed by atoms with Gasteiger partial charge in [0.1, 0.15) is 5.00 Å². The summed E-state index contributed by atoms with van der Waals surface area (Å²) in [5.41, 5.74) is 5.23. The zero-order valence-electron chi connectivity index (χ0n) is 19.5. The summed E-state index contributed by atoms with van der Waals surface area (Å²) >= 11 is 7.11. The smallest absolute Gasteiger partial charge is 0.254 e. The number of aromatic nitrogens is 2. The van der Waals surface area contributed by atoms with Crippen molar-refractivity contribution in [1.82, 2.24) is 20.5 Å². The monoisotopic (exact) mass is 501 g/mol. The third-order valence-electron chi connectivity index (χ3n) is 6.82. The van der Waals surface area contributed by atoms with Crippen LogP contribution in [0.15, 0.2) is 6.20 Å². The molecule has 1 atom stereocenters. The Kier molecular flexibility index (Phi) is 6.34. The van der Waals surface area contributed by atoms with Crippen LogP contribution < -0.4 is 26.8 Å². The molecule has 11 heteroatoms. The summed E-state index contributed by atoms with van der Waals surface area (Å²) in [6, 6.07) is -0.0128. The number of amides is 2. The zero-order valence-corrected chi connectivity index (χ0v) is 21.2. The number of thiocarbonyl (C=S) groups is 1. The first-order chi connectivity index (χ1) is 16.4. The number of hydrogen-bond acceptors (Lipinski definition) is 6. The molecule has 34 heavy (non-hydrogen) atoms. The highest BCUT2D eigenvalue weighted by molar-refractivity contribution is 7.80. The number of hydrogen-bond donors (Lipinski definition) is 4. The van der Waals surface area contributed by atoms with Crippen molar-refractivity contribution in [2.24, 2.45) is 24.7 Å². The molecule has 5 rings (SSSR count). The lowest BCUT2D eigenvalue weighted by Crippen LogP contribution is -2.51. The fourth-order valence-electron chi connectivity index (χ4n) is 4.66. The van der Waals surface area contributed by atoms with E-state index < -0.39 is 0 Å². The Hall–Kier alpha value is -2.50. The fourth-order valence-corrected chi connectivity index (χ4v) is 6.14. The first-order valence-electron chi connectivity index (χ1n) is 11.9. The molecular weight excluding hydrogens is 470 g/mol. The van der Waals surface area contributed by atoms with Crippen LogP contribution in [0, 0.1) is 18.8 Å². The van der Waals surface area contributed by atoms with E-state index in [2.05, 4.69) is 21.2 Å². The van der Waals surface area contributed by atoms with Crippen molar-refractivity contribution in [3.05, 3.63) is 27.8 Å². The maximum Gasteiger partial charge on any atom is 0.254 e. The van der Waals surface area contributed by atoms with Crippen LogP contribution >= 0.6 is 23.6 Å². The Balaban J connectivity index is 1.47. The van der Waals surface area contributed by atoms with Gasteiger partial charge < -0.3 is 16.1 Å². The van der Waals surface area contributed by atoms with Crippen LogP contribution in [0.2, 0.25) is 0 Å². The molecule has 0 bridgehead atoms. The number of nitrogens with zero attached hydrogens (tertiary/aromatic N) is 3. The van der Waals surface area contributed by atoms with Gasteiger partial charge in [0.2, 0.25) is 5.91 Å². The van der Waals surface area contributed by atoms with Gasteiger partial charge in [-0.1, -0.05) is 0 Å². The standard InChI is InChI=1S/C23H31N7O2S2/c1-12-11-29(2)28-19(12)30(23(33)27-24)15-7-8-17-16(9-15)18(21(32)25-10-13-3-4-13)22(34-17)26-20(31)14-5-6-14/h11,13-15H,3-10,24H2,1-2H3,(H,25,32)(H,26,31)(H,27,33)/t15-/m0/s1. The second-order valence-corrected chi connectivity index (χ2v) is 11.1. The third-order valence-corrected chi connectivity index (χ3v) is 8.34. The quantitative estimate of drug-likeness (QED) is 0.261. The summed E-state index contributed by atoms with van der Waals surface area (Å²) in [6.45, 7) is 2.68. The number of anilines is 2. The molecule has 2 aromatic heterocycles. The lowest BCUT2D eigenvalue weighted by molar-refractivity contribution is -0.117. The fraction of sp³-hybridized carbons (Fsp3) is 0.565. The van der Waals surface area contributed by atoms with Gasteiger partial charge in [-0.2, -0.15) is 5.10 Å². The molecule has 0 saturated heterocycles. The summed E-state index contributed by atoms with van der Waals surface area (Å²) in [5.74, 6) is 7.06. The van der Waals surface area contributed by atoms with Crippen LogP contribution in [0.4, 0.5) is 10.8 Å². The molecule has 2 aromatic rings. The molecule has 2 saturated carbocycles. The Labute approximate surface area is 208 Å². The molecule has 0 spiro atoms. The van der Waals surface area contributed by atoms with E-state index in [1.807, 2.05) is 25.1 Å². The van der Waals surface area contributed by atoms with Gasteiger partial charge in [0, 0.05) is 42.2 Å². The molecule has 182 valence electrons. The summed E-state index contributed by atoms with van der Waals surface area (Å²) in [4.78, 5) is 29.0. The molecule has 0 aromatic carbocycles. The molecular formula is C23H31N7O2S2. The Morgan fingerprint density at radius 3 is 2.68 bits per heavy atom. The molecule has 2 heterocycles. The van der Waals surface area contributed by atoms with E-state index in [9.17, 15) is 9.59 Å². The molecule has 2 amide bonds. The number of hydrazine groups is 1. The molecule has 3 aliphatic carbocycles. The average Bonchev–Trinajstić information content (AvgIpc) is 3.73. The Morgan fingerprint density at radius 2 is 2.06 bits per heavy atom. The van der Waals surface area contributed by atoms with Crippen LogP contribution in [0.3, 0.4) is 0 Å². The molecule has 9 nitrogen and oxygen atoms in total. The highest BCUT2D eigenvalue weighted by atomic mass is 32.1. The number of nitrogens with one attached hydrogen (secondary N) is 3. The van der Waals surface area contributed by atoms with E-state index in [0.29, 0.717) is 34.6 Å². The summed E-state index contributed by atoms with van der Waals surface area (Å²) in [7, 11) is 1.88. The third kappa shape index (κ3) is 4.69. The summed E-state index contributed by atoms with van der Waals surface area (Å²) in [6.07, 6.45) is 8.37. The van der Waals surface area contributed by atoms with Crippen molar-refractivity contribution in [3.8, 4) is 0 Å². The molecule has 0 aliphatic heterocycles. The van der Waals surface area contributed by atoms with Crippen LogP contribution in [0.25, 0.3) is 0 Å². The lowest BCUT2D eigenvalue weighted by Gasteiger charge is -2.35. The highest BCUT2D eigenvalue weighted by Gasteiger charge is 2.36. The van der Waals surface area contributed by atoms with Gasteiger partial charge in [0.15, 0.2) is 10.9 Å². The average molecular weight is 502 g/mol. The number of rotatable bonds is 7. The molecule has 0 radical (unpaired) electrons.